The molecule has 0 spiro atoms. The number of aromatic nitrogens is 1. The lowest BCUT2D eigenvalue weighted by atomic mass is 10.1. The molecule has 6 nitrogen and oxygen atoms in total. The van der Waals surface area contributed by atoms with Crippen molar-refractivity contribution in [3.05, 3.63) is 37.5 Å². The maximum atomic E-state index is 12.1. The molecule has 136 valence electrons. The van der Waals surface area contributed by atoms with Gasteiger partial charge in [0, 0.05) is 32.8 Å². The zero-order valence-electron chi connectivity index (χ0n) is 14.7. The summed E-state index contributed by atoms with van der Waals surface area (Å²) in [4.78, 5) is 42.1. The van der Waals surface area contributed by atoms with Crippen molar-refractivity contribution in [1.29, 1.82) is 5.26 Å². The third kappa shape index (κ3) is 5.07. The summed E-state index contributed by atoms with van der Waals surface area (Å²) in [7, 11) is 0. The summed E-state index contributed by atoms with van der Waals surface area (Å²) in [6, 6.07) is 3.70. The molecule has 2 aromatic rings. The first-order valence-corrected chi connectivity index (χ1v) is 9.61. The Morgan fingerprint density at radius 2 is 2.00 bits per heavy atom. The number of aryl methyl sites for hydroxylation is 3. The molecule has 0 amide bonds. The topological polar surface area (TPSA) is 97.1 Å². The predicted molar refractivity (Wildman–Crippen MR) is 98.5 cm³/mol. The summed E-state index contributed by atoms with van der Waals surface area (Å²) in [5.74, 6) is -2.32. The minimum Gasteiger partial charge on any atom is -0.458 e. The maximum absolute atomic E-state index is 12.1. The van der Waals surface area contributed by atoms with Gasteiger partial charge in [0.15, 0.2) is 24.1 Å². The molecule has 1 atom stereocenters. The van der Waals surface area contributed by atoms with Gasteiger partial charge in [-0.2, -0.15) is 5.26 Å². The van der Waals surface area contributed by atoms with E-state index in [1.807, 2.05) is 26.0 Å². The van der Waals surface area contributed by atoms with Gasteiger partial charge in [0.2, 0.25) is 0 Å². The van der Waals surface area contributed by atoms with Crippen molar-refractivity contribution in [3.8, 4) is 6.07 Å². The first-order valence-electron chi connectivity index (χ1n) is 7.92. The number of hydrogen-bond donors (Lipinski definition) is 0. The minimum absolute atomic E-state index is 0.0252. The van der Waals surface area contributed by atoms with Crippen LogP contribution in [0.2, 0.25) is 0 Å². The second-order valence-corrected chi connectivity index (χ2v) is 8.12. The Kier molecular flexibility index (Phi) is 6.77. The minimum atomic E-state index is -1.04. The molecular weight excluding hydrogens is 372 g/mol. The second kappa shape index (κ2) is 8.83. The summed E-state index contributed by atoms with van der Waals surface area (Å²) in [5.41, 5.74) is 1.35. The average Bonchev–Trinajstić information content (AvgIpc) is 3.16. The smallest absolute Gasteiger partial charge is 0.306 e. The van der Waals surface area contributed by atoms with Crippen molar-refractivity contribution >= 4 is 40.2 Å². The van der Waals surface area contributed by atoms with E-state index in [9.17, 15) is 14.4 Å². The van der Waals surface area contributed by atoms with Crippen LogP contribution in [0.5, 0.6) is 0 Å². The first-order chi connectivity index (χ1) is 12.3. The molecule has 0 radical (unpaired) electrons. The number of thiazole rings is 1. The Bertz CT molecular complexity index is 876. The van der Waals surface area contributed by atoms with E-state index in [1.54, 1.807) is 12.3 Å². The molecule has 0 aliphatic rings. The fourth-order valence-corrected chi connectivity index (χ4v) is 4.14. The van der Waals surface area contributed by atoms with E-state index in [-0.39, 0.29) is 18.6 Å². The largest absolute Gasteiger partial charge is 0.458 e. The SMILES string of the molecule is Cc1csc([C@H](C#N)C(=O)COC(=O)CCC(=O)c2cc(C)sc2C)n1. The van der Waals surface area contributed by atoms with Gasteiger partial charge in [-0.25, -0.2) is 4.98 Å². The molecule has 0 aliphatic carbocycles. The molecule has 2 heterocycles. The second-order valence-electron chi connectivity index (χ2n) is 5.77. The number of thiophene rings is 1. The van der Waals surface area contributed by atoms with Gasteiger partial charge in [-0.15, -0.1) is 22.7 Å². The van der Waals surface area contributed by atoms with Crippen LogP contribution in [0.25, 0.3) is 0 Å². The van der Waals surface area contributed by atoms with Crippen molar-refractivity contribution in [2.45, 2.75) is 39.5 Å². The van der Waals surface area contributed by atoms with Gasteiger partial charge in [0.25, 0.3) is 0 Å². The highest BCUT2D eigenvalue weighted by Gasteiger charge is 2.24. The van der Waals surface area contributed by atoms with Gasteiger partial charge in [-0.05, 0) is 26.8 Å². The first kappa shape index (κ1) is 19.9. The summed E-state index contributed by atoms with van der Waals surface area (Å²) in [5, 5.41) is 11.3. The van der Waals surface area contributed by atoms with Gasteiger partial charge >= 0.3 is 5.97 Å². The van der Waals surface area contributed by atoms with Gasteiger partial charge in [0.1, 0.15) is 5.01 Å². The monoisotopic (exact) mass is 390 g/mol. The highest BCUT2D eigenvalue weighted by atomic mass is 32.1. The van der Waals surface area contributed by atoms with E-state index in [0.29, 0.717) is 10.6 Å². The Labute approximate surface area is 159 Å². The van der Waals surface area contributed by atoms with Crippen LogP contribution in [-0.2, 0) is 14.3 Å². The Morgan fingerprint density at radius 1 is 1.27 bits per heavy atom. The van der Waals surface area contributed by atoms with Crippen molar-refractivity contribution in [3.63, 3.8) is 0 Å². The van der Waals surface area contributed by atoms with Crippen LogP contribution in [0, 0.1) is 32.1 Å². The molecule has 2 rings (SSSR count). The lowest BCUT2D eigenvalue weighted by Crippen LogP contribution is -2.20. The van der Waals surface area contributed by atoms with Crippen molar-refractivity contribution in [2.75, 3.05) is 6.61 Å². The van der Waals surface area contributed by atoms with E-state index >= 15 is 0 Å². The molecule has 26 heavy (non-hydrogen) atoms. The summed E-state index contributed by atoms with van der Waals surface area (Å²) in [6.45, 7) is 5.06. The summed E-state index contributed by atoms with van der Waals surface area (Å²) < 4.78 is 4.92. The van der Waals surface area contributed by atoms with E-state index < -0.39 is 24.3 Å². The summed E-state index contributed by atoms with van der Waals surface area (Å²) in [6.07, 6.45) is -0.0780. The van der Waals surface area contributed by atoms with Crippen LogP contribution in [0.1, 0.15) is 49.6 Å². The molecule has 0 saturated carbocycles. The Morgan fingerprint density at radius 3 is 2.54 bits per heavy atom. The van der Waals surface area contributed by atoms with Crippen LogP contribution in [0.15, 0.2) is 11.4 Å². The molecule has 0 aromatic carbocycles. The van der Waals surface area contributed by atoms with Crippen LogP contribution in [0.4, 0.5) is 0 Å². The number of Topliss-reactive ketones (excluding diaryl/α,β-unsaturated/α-hetero) is 2. The standard InChI is InChI=1S/C18H18N2O4S2/c1-10-9-25-18(20-10)14(7-19)16(22)8-24-17(23)5-4-15(21)13-6-11(2)26-12(13)3/h6,9,14H,4-5,8H2,1-3H3/t14-/m1/s1. The number of rotatable bonds is 8. The van der Waals surface area contributed by atoms with Crippen LogP contribution in [0.3, 0.4) is 0 Å². The van der Waals surface area contributed by atoms with E-state index in [4.69, 9.17) is 10.00 Å². The fourth-order valence-electron chi connectivity index (χ4n) is 2.33. The molecule has 0 bridgehead atoms. The van der Waals surface area contributed by atoms with Crippen LogP contribution < -0.4 is 0 Å². The number of ketones is 2. The lowest BCUT2D eigenvalue weighted by Gasteiger charge is -2.07. The van der Waals surface area contributed by atoms with Crippen LogP contribution >= 0.6 is 22.7 Å². The number of ether oxygens (including phenoxy) is 1. The van der Waals surface area contributed by atoms with E-state index in [1.165, 1.54) is 22.7 Å². The average molecular weight is 390 g/mol. The quantitative estimate of drug-likeness (QED) is 0.505. The molecule has 2 aromatic heterocycles. The fraction of sp³-hybridized carbons (Fsp3) is 0.389. The van der Waals surface area contributed by atoms with Crippen molar-refractivity contribution < 1.29 is 19.1 Å². The number of hydrogen-bond acceptors (Lipinski definition) is 8. The van der Waals surface area contributed by atoms with E-state index in [0.717, 1.165) is 15.4 Å². The van der Waals surface area contributed by atoms with Crippen molar-refractivity contribution in [2.24, 2.45) is 0 Å². The summed E-state index contributed by atoms with van der Waals surface area (Å²) >= 11 is 2.76. The van der Waals surface area contributed by atoms with E-state index in [2.05, 4.69) is 4.98 Å². The van der Waals surface area contributed by atoms with Crippen LogP contribution in [-0.4, -0.2) is 29.1 Å². The molecule has 0 N–H and O–H groups in total. The molecule has 8 heteroatoms. The lowest BCUT2D eigenvalue weighted by molar-refractivity contribution is -0.148. The third-order valence-electron chi connectivity index (χ3n) is 3.61. The highest BCUT2D eigenvalue weighted by Crippen LogP contribution is 2.23. The zero-order valence-corrected chi connectivity index (χ0v) is 16.3. The van der Waals surface area contributed by atoms with Gasteiger partial charge < -0.3 is 4.74 Å². The van der Waals surface area contributed by atoms with Gasteiger partial charge in [-0.3, -0.25) is 14.4 Å². The molecule has 0 unspecified atom stereocenters. The number of carbonyl (C=O) groups is 3. The molecule has 0 fully saturated rings. The highest BCUT2D eigenvalue weighted by molar-refractivity contribution is 7.12. The van der Waals surface area contributed by atoms with Gasteiger partial charge in [-0.1, -0.05) is 0 Å². The van der Waals surface area contributed by atoms with Crippen molar-refractivity contribution in [1.82, 2.24) is 4.98 Å². The zero-order chi connectivity index (χ0) is 19.3. The Balaban J connectivity index is 1.82. The Hall–Kier alpha value is -2.37. The number of carbonyl (C=O) groups excluding carboxylic acids is 3. The normalized spacial score (nSPS) is 11.6. The number of esters is 1. The number of nitrogens with zero attached hydrogens (tertiary/aromatic N) is 2. The molecule has 0 saturated heterocycles. The molecular formula is C18H18N2O4S2. The maximum Gasteiger partial charge on any atom is 0.306 e. The number of nitriles is 1. The van der Waals surface area contributed by atoms with Gasteiger partial charge in [0.05, 0.1) is 12.5 Å². The third-order valence-corrected chi connectivity index (χ3v) is 5.60. The predicted octanol–water partition coefficient (Wildman–Crippen LogP) is 3.51. The molecule has 0 aliphatic heterocycles.